The van der Waals surface area contributed by atoms with Crippen LogP contribution in [0.2, 0.25) is 0 Å². The quantitative estimate of drug-likeness (QED) is 0.413. The molecule has 1 aromatic heterocycles. The average molecular weight is 499 g/mol. The largest absolute Gasteiger partial charge is 0.492 e. The number of ether oxygens (including phenoxy) is 1. The second kappa shape index (κ2) is 10.9. The molecule has 8 heteroatoms. The van der Waals surface area contributed by atoms with Crippen molar-refractivity contribution in [3.63, 3.8) is 0 Å². The van der Waals surface area contributed by atoms with Crippen LogP contribution in [0, 0.1) is 0 Å². The van der Waals surface area contributed by atoms with Crippen LogP contribution >= 0.6 is 39.7 Å². The van der Waals surface area contributed by atoms with Gasteiger partial charge in [0.25, 0.3) is 5.91 Å². The number of nitrogens with zero attached hydrogens (tertiary/aromatic N) is 3. The van der Waals surface area contributed by atoms with Crippen LogP contribution in [0.3, 0.4) is 0 Å². The molecule has 0 saturated carbocycles. The molecule has 0 spiro atoms. The summed E-state index contributed by atoms with van der Waals surface area (Å²) in [4.78, 5) is 21.9. The maximum atomic E-state index is 13.3. The maximum Gasteiger partial charge on any atom is 0.260 e. The first-order valence-corrected chi connectivity index (χ1v) is 10.8. The second-order valence-corrected chi connectivity index (χ2v) is 8.58. The van der Waals surface area contributed by atoms with Crippen molar-refractivity contribution in [1.29, 1.82) is 0 Å². The number of thiazole rings is 1. The molecule has 2 aromatic carbocycles. The summed E-state index contributed by atoms with van der Waals surface area (Å²) in [5.74, 6) is 0.718. The predicted octanol–water partition coefficient (Wildman–Crippen LogP) is 5.48. The Morgan fingerprint density at radius 3 is 2.52 bits per heavy atom. The Morgan fingerprint density at radius 1 is 1.14 bits per heavy atom. The third kappa shape index (κ3) is 5.92. The van der Waals surface area contributed by atoms with E-state index < -0.39 is 0 Å². The van der Waals surface area contributed by atoms with Gasteiger partial charge in [-0.3, -0.25) is 9.69 Å². The van der Waals surface area contributed by atoms with Gasteiger partial charge in [0, 0.05) is 16.6 Å². The van der Waals surface area contributed by atoms with Crippen LogP contribution in [0.1, 0.15) is 23.7 Å². The molecule has 0 unspecified atom stereocenters. The van der Waals surface area contributed by atoms with E-state index in [1.54, 1.807) is 4.90 Å². The van der Waals surface area contributed by atoms with Gasteiger partial charge in [-0.1, -0.05) is 33.3 Å². The number of aromatic nitrogens is 1. The van der Waals surface area contributed by atoms with Gasteiger partial charge in [0.1, 0.15) is 11.3 Å². The van der Waals surface area contributed by atoms with E-state index in [2.05, 4.69) is 20.8 Å². The summed E-state index contributed by atoms with van der Waals surface area (Å²) in [6, 6.07) is 13.3. The van der Waals surface area contributed by atoms with Gasteiger partial charge < -0.3 is 9.64 Å². The smallest absolute Gasteiger partial charge is 0.260 e. The second-order valence-electron chi connectivity index (χ2n) is 6.65. The SMILES string of the molecule is CCOc1cccc2sc(N(CCCN(C)C)C(=O)c3ccc(Br)cc3)nc12.Cl. The predicted molar refractivity (Wildman–Crippen MR) is 127 cm³/mol. The van der Waals surface area contributed by atoms with E-state index >= 15 is 0 Å². The Morgan fingerprint density at radius 2 is 1.86 bits per heavy atom. The van der Waals surface area contributed by atoms with E-state index in [1.807, 2.05) is 63.5 Å². The highest BCUT2D eigenvalue weighted by Gasteiger charge is 2.22. The number of amides is 1. The Kier molecular flexibility index (Phi) is 8.89. The number of para-hydroxylation sites is 1. The lowest BCUT2D eigenvalue weighted by atomic mass is 10.2. The number of halogens is 2. The molecular weight excluding hydrogens is 474 g/mol. The molecule has 0 bridgehead atoms. The number of hydrogen-bond donors (Lipinski definition) is 0. The highest BCUT2D eigenvalue weighted by atomic mass is 79.9. The minimum absolute atomic E-state index is 0. The number of hydrogen-bond acceptors (Lipinski definition) is 5. The third-order valence-electron chi connectivity index (χ3n) is 4.22. The zero-order valence-corrected chi connectivity index (χ0v) is 19.9. The Bertz CT molecular complexity index is 947. The first-order valence-electron chi connectivity index (χ1n) is 9.24. The third-order valence-corrected chi connectivity index (χ3v) is 5.80. The van der Waals surface area contributed by atoms with Gasteiger partial charge in [-0.2, -0.15) is 0 Å². The lowest BCUT2D eigenvalue weighted by Gasteiger charge is -2.21. The van der Waals surface area contributed by atoms with Crippen LogP contribution in [0.5, 0.6) is 5.75 Å². The van der Waals surface area contributed by atoms with Crippen LogP contribution in [-0.4, -0.2) is 49.6 Å². The molecule has 3 aromatic rings. The minimum atomic E-state index is -0.0386. The molecule has 156 valence electrons. The number of rotatable bonds is 8. The molecule has 0 radical (unpaired) electrons. The van der Waals surface area contributed by atoms with Crippen molar-refractivity contribution in [1.82, 2.24) is 9.88 Å². The summed E-state index contributed by atoms with van der Waals surface area (Å²) in [5, 5.41) is 0.703. The van der Waals surface area contributed by atoms with Crippen molar-refractivity contribution in [2.75, 3.05) is 38.7 Å². The number of anilines is 1. The maximum absolute atomic E-state index is 13.3. The standard InChI is InChI=1S/C21H24BrN3O2S.ClH/c1-4-27-17-7-5-8-18-19(17)23-21(28-18)25(14-6-13-24(2)3)20(26)15-9-11-16(22)12-10-15;/h5,7-12H,4,6,13-14H2,1-3H3;1H. The van der Waals surface area contributed by atoms with Crippen molar-refractivity contribution < 1.29 is 9.53 Å². The molecule has 0 fully saturated rings. The molecular formula is C21H25BrClN3O2S. The Hall–Kier alpha value is -1.67. The molecule has 0 N–H and O–H groups in total. The zero-order chi connectivity index (χ0) is 20.1. The van der Waals surface area contributed by atoms with E-state index in [-0.39, 0.29) is 18.3 Å². The van der Waals surface area contributed by atoms with Gasteiger partial charge in [0.2, 0.25) is 0 Å². The van der Waals surface area contributed by atoms with Gasteiger partial charge in [0.05, 0.1) is 11.3 Å². The summed E-state index contributed by atoms with van der Waals surface area (Å²) in [7, 11) is 4.07. The highest BCUT2D eigenvalue weighted by Crippen LogP contribution is 2.35. The number of fused-ring (bicyclic) bond motifs is 1. The van der Waals surface area contributed by atoms with Crippen LogP contribution in [0.15, 0.2) is 46.9 Å². The zero-order valence-electron chi connectivity index (χ0n) is 16.7. The molecule has 1 heterocycles. The van der Waals surface area contributed by atoms with Gasteiger partial charge in [-0.15, -0.1) is 12.4 Å². The van der Waals surface area contributed by atoms with Gasteiger partial charge in [-0.25, -0.2) is 4.98 Å². The summed E-state index contributed by atoms with van der Waals surface area (Å²) >= 11 is 4.95. The van der Waals surface area contributed by atoms with Crippen LogP contribution < -0.4 is 9.64 Å². The first kappa shape index (κ1) is 23.6. The minimum Gasteiger partial charge on any atom is -0.492 e. The fourth-order valence-electron chi connectivity index (χ4n) is 2.88. The van der Waals surface area contributed by atoms with Crippen LogP contribution in [-0.2, 0) is 0 Å². The van der Waals surface area contributed by atoms with E-state index in [9.17, 15) is 4.79 Å². The van der Waals surface area contributed by atoms with Crippen LogP contribution in [0.4, 0.5) is 5.13 Å². The van der Waals surface area contributed by atoms with Crippen LogP contribution in [0.25, 0.3) is 10.2 Å². The van der Waals surface area contributed by atoms with Gasteiger partial charge >= 0.3 is 0 Å². The van der Waals surface area contributed by atoms with Crippen molar-refractivity contribution >= 4 is 60.9 Å². The molecule has 29 heavy (non-hydrogen) atoms. The topological polar surface area (TPSA) is 45.7 Å². The summed E-state index contributed by atoms with van der Waals surface area (Å²) in [5.41, 5.74) is 1.46. The molecule has 0 atom stereocenters. The lowest BCUT2D eigenvalue weighted by Crippen LogP contribution is -2.33. The monoisotopic (exact) mass is 497 g/mol. The molecule has 0 aliphatic rings. The van der Waals surface area contributed by atoms with Crippen molar-refractivity contribution in [2.24, 2.45) is 0 Å². The summed E-state index contributed by atoms with van der Waals surface area (Å²) in [6.07, 6.45) is 0.865. The van der Waals surface area contributed by atoms with E-state index in [0.29, 0.717) is 23.8 Å². The van der Waals surface area contributed by atoms with Crippen molar-refractivity contribution in [3.8, 4) is 5.75 Å². The number of carbonyl (C=O) groups excluding carboxylic acids is 1. The normalized spacial score (nSPS) is 10.8. The molecule has 3 rings (SSSR count). The van der Waals surface area contributed by atoms with E-state index in [0.717, 1.165) is 33.4 Å². The fourth-order valence-corrected chi connectivity index (χ4v) is 4.15. The van der Waals surface area contributed by atoms with Crippen molar-refractivity contribution in [2.45, 2.75) is 13.3 Å². The highest BCUT2D eigenvalue weighted by molar-refractivity contribution is 9.10. The summed E-state index contributed by atoms with van der Waals surface area (Å²) in [6.45, 7) is 4.04. The van der Waals surface area contributed by atoms with E-state index in [4.69, 9.17) is 9.72 Å². The number of carbonyl (C=O) groups is 1. The molecule has 0 aliphatic carbocycles. The Balaban J connectivity index is 0.00000300. The first-order chi connectivity index (χ1) is 13.5. The Labute approximate surface area is 190 Å². The molecule has 0 aliphatic heterocycles. The number of benzene rings is 2. The average Bonchev–Trinajstić information content (AvgIpc) is 3.10. The molecule has 0 saturated heterocycles. The lowest BCUT2D eigenvalue weighted by molar-refractivity contribution is 0.0986. The molecule has 5 nitrogen and oxygen atoms in total. The fraction of sp³-hybridized carbons (Fsp3) is 0.333. The summed E-state index contributed by atoms with van der Waals surface area (Å²) < 4.78 is 7.68. The van der Waals surface area contributed by atoms with E-state index in [1.165, 1.54) is 11.3 Å². The molecule has 1 amide bonds. The van der Waals surface area contributed by atoms with Gasteiger partial charge in [-0.05, 0) is 70.4 Å². The van der Waals surface area contributed by atoms with Gasteiger partial charge in [0.15, 0.2) is 5.13 Å². The van der Waals surface area contributed by atoms with Crippen molar-refractivity contribution in [3.05, 3.63) is 52.5 Å².